The molecule has 0 aliphatic carbocycles. The highest BCUT2D eigenvalue weighted by Crippen LogP contribution is 2.16. The lowest BCUT2D eigenvalue weighted by Gasteiger charge is -2.10. The maximum absolute atomic E-state index is 11.9. The zero-order valence-electron chi connectivity index (χ0n) is 12.4. The smallest absolute Gasteiger partial charge is 0.247 e. The number of carbonyl (C=O) groups excluding carboxylic acids is 2. The summed E-state index contributed by atoms with van der Waals surface area (Å²) in [4.78, 5) is 27.8. The lowest BCUT2D eigenvalue weighted by atomic mass is 10.1. The lowest BCUT2D eigenvalue weighted by molar-refractivity contribution is -0.120. The number of aromatic nitrogens is 1. The molecule has 2 rings (SSSR count). The van der Waals surface area contributed by atoms with Crippen molar-refractivity contribution in [2.75, 3.05) is 11.9 Å². The van der Waals surface area contributed by atoms with E-state index in [0.717, 1.165) is 5.56 Å². The van der Waals surface area contributed by atoms with E-state index in [1.54, 1.807) is 36.0 Å². The highest BCUT2D eigenvalue weighted by molar-refractivity contribution is 7.09. The van der Waals surface area contributed by atoms with Crippen LogP contribution in [-0.2, 0) is 16.0 Å². The first-order valence-corrected chi connectivity index (χ1v) is 7.82. The average Bonchev–Trinajstić information content (AvgIpc) is 3.07. The van der Waals surface area contributed by atoms with Gasteiger partial charge >= 0.3 is 0 Å². The molecule has 0 aliphatic heterocycles. The molecule has 3 N–H and O–H groups in total. The van der Waals surface area contributed by atoms with Crippen LogP contribution in [0, 0.1) is 0 Å². The maximum Gasteiger partial charge on any atom is 0.247 e. The van der Waals surface area contributed by atoms with Crippen molar-refractivity contribution in [1.82, 2.24) is 10.3 Å². The Hall–Kier alpha value is -2.51. The first kappa shape index (κ1) is 16.9. The summed E-state index contributed by atoms with van der Waals surface area (Å²) >= 11 is 1.34. The molecule has 0 aliphatic rings. The molecule has 2 amide bonds. The van der Waals surface area contributed by atoms with Crippen LogP contribution in [0.1, 0.15) is 16.5 Å². The number of benzene rings is 1. The van der Waals surface area contributed by atoms with Crippen molar-refractivity contribution in [1.29, 1.82) is 0 Å². The van der Waals surface area contributed by atoms with Gasteiger partial charge in [0.05, 0.1) is 16.8 Å². The van der Waals surface area contributed by atoms with Crippen LogP contribution in [0.5, 0.6) is 0 Å². The Morgan fingerprint density at radius 3 is 2.96 bits per heavy atom. The Labute approximate surface area is 137 Å². The summed E-state index contributed by atoms with van der Waals surface area (Å²) in [6, 6.07) is 7.01. The van der Waals surface area contributed by atoms with Crippen LogP contribution in [0.15, 0.2) is 48.6 Å². The van der Waals surface area contributed by atoms with Gasteiger partial charge in [-0.05, 0) is 23.8 Å². The van der Waals surface area contributed by atoms with E-state index in [2.05, 4.69) is 22.2 Å². The largest absolute Gasteiger partial charge is 0.386 e. The second-order valence-electron chi connectivity index (χ2n) is 4.79. The minimum atomic E-state index is -0.760. The molecule has 120 valence electrons. The van der Waals surface area contributed by atoms with E-state index in [1.165, 1.54) is 17.4 Å². The number of aliphatic hydroxyl groups is 1. The summed E-state index contributed by atoms with van der Waals surface area (Å²) in [5.41, 5.74) is 2.99. The first-order chi connectivity index (χ1) is 11.1. The first-order valence-electron chi connectivity index (χ1n) is 6.94. The minimum Gasteiger partial charge on any atom is -0.386 e. The van der Waals surface area contributed by atoms with Crippen LogP contribution in [0.25, 0.3) is 0 Å². The predicted molar refractivity (Wildman–Crippen MR) is 89.1 cm³/mol. The summed E-state index contributed by atoms with van der Waals surface area (Å²) in [6.45, 7) is 3.52. The Kier molecular flexibility index (Phi) is 6.02. The van der Waals surface area contributed by atoms with Gasteiger partial charge in [0.1, 0.15) is 6.10 Å². The van der Waals surface area contributed by atoms with Crippen LogP contribution in [-0.4, -0.2) is 28.4 Å². The predicted octanol–water partition coefficient (Wildman–Crippen LogP) is 1.66. The minimum absolute atomic E-state index is 0.133. The molecule has 1 heterocycles. The monoisotopic (exact) mass is 331 g/mol. The zero-order valence-corrected chi connectivity index (χ0v) is 13.2. The fraction of sp³-hybridized carbons (Fsp3) is 0.188. The van der Waals surface area contributed by atoms with Gasteiger partial charge in [0, 0.05) is 18.4 Å². The molecule has 7 heteroatoms. The van der Waals surface area contributed by atoms with Gasteiger partial charge in [0.25, 0.3) is 0 Å². The maximum atomic E-state index is 11.9. The third-order valence-electron chi connectivity index (χ3n) is 3.02. The second-order valence-corrected chi connectivity index (χ2v) is 5.71. The van der Waals surface area contributed by atoms with Crippen molar-refractivity contribution in [2.24, 2.45) is 0 Å². The lowest BCUT2D eigenvalue weighted by Crippen LogP contribution is -2.29. The standard InChI is InChI=1S/C16H17N3O3S/c1-2-15(21)19-12-5-3-4-11(6-12)7-16(22)18-8-13(20)14-9-17-10-23-14/h2-6,9-10,13,20H,1,7-8H2,(H,18,22)(H,19,21). The third-order valence-corrected chi connectivity index (χ3v) is 3.89. The van der Waals surface area contributed by atoms with E-state index in [4.69, 9.17) is 0 Å². The van der Waals surface area contributed by atoms with Crippen LogP contribution in [0.3, 0.4) is 0 Å². The van der Waals surface area contributed by atoms with Crippen LogP contribution in [0.2, 0.25) is 0 Å². The van der Waals surface area contributed by atoms with Gasteiger partial charge in [0.15, 0.2) is 0 Å². The topological polar surface area (TPSA) is 91.3 Å². The molecule has 1 aromatic carbocycles. The van der Waals surface area contributed by atoms with Crippen molar-refractivity contribution in [3.63, 3.8) is 0 Å². The number of anilines is 1. The normalized spacial score (nSPS) is 11.5. The second kappa shape index (κ2) is 8.21. The highest BCUT2D eigenvalue weighted by Gasteiger charge is 2.11. The van der Waals surface area contributed by atoms with Gasteiger partial charge in [0.2, 0.25) is 11.8 Å². The van der Waals surface area contributed by atoms with Crippen LogP contribution in [0.4, 0.5) is 5.69 Å². The summed E-state index contributed by atoms with van der Waals surface area (Å²) in [5, 5.41) is 15.2. The van der Waals surface area contributed by atoms with Crippen molar-refractivity contribution in [3.8, 4) is 0 Å². The fourth-order valence-corrected chi connectivity index (χ4v) is 2.51. The molecule has 1 unspecified atom stereocenters. The number of hydrogen-bond acceptors (Lipinski definition) is 5. The molecular weight excluding hydrogens is 314 g/mol. The molecule has 1 atom stereocenters. The van der Waals surface area contributed by atoms with Gasteiger partial charge in [-0.2, -0.15) is 0 Å². The van der Waals surface area contributed by atoms with Crippen molar-refractivity contribution in [3.05, 3.63) is 59.1 Å². The van der Waals surface area contributed by atoms with E-state index in [9.17, 15) is 14.7 Å². The third kappa shape index (κ3) is 5.32. The molecule has 0 bridgehead atoms. The summed E-state index contributed by atoms with van der Waals surface area (Å²) in [5.74, 6) is -0.514. The Bertz CT molecular complexity index is 686. The number of thiazole rings is 1. The van der Waals surface area contributed by atoms with Gasteiger partial charge < -0.3 is 15.7 Å². The van der Waals surface area contributed by atoms with Crippen molar-refractivity contribution >= 4 is 28.8 Å². The number of carbonyl (C=O) groups is 2. The van der Waals surface area contributed by atoms with Gasteiger partial charge in [-0.15, -0.1) is 11.3 Å². The van der Waals surface area contributed by atoms with E-state index in [-0.39, 0.29) is 24.8 Å². The van der Waals surface area contributed by atoms with Gasteiger partial charge in [-0.3, -0.25) is 14.6 Å². The molecular formula is C16H17N3O3S. The van der Waals surface area contributed by atoms with Crippen LogP contribution < -0.4 is 10.6 Å². The Morgan fingerprint density at radius 2 is 2.26 bits per heavy atom. The number of hydrogen-bond donors (Lipinski definition) is 3. The van der Waals surface area contributed by atoms with Crippen LogP contribution >= 0.6 is 11.3 Å². The van der Waals surface area contributed by atoms with E-state index in [0.29, 0.717) is 10.6 Å². The summed E-state index contributed by atoms with van der Waals surface area (Å²) in [7, 11) is 0. The molecule has 0 radical (unpaired) electrons. The molecule has 2 aromatic rings. The molecule has 1 aromatic heterocycles. The number of amides is 2. The number of rotatable bonds is 7. The molecule has 0 saturated heterocycles. The van der Waals surface area contributed by atoms with Crippen molar-refractivity contribution in [2.45, 2.75) is 12.5 Å². The van der Waals surface area contributed by atoms with E-state index >= 15 is 0 Å². The highest BCUT2D eigenvalue weighted by atomic mass is 32.1. The Balaban J connectivity index is 1.86. The zero-order chi connectivity index (χ0) is 16.7. The van der Waals surface area contributed by atoms with E-state index in [1.807, 2.05) is 0 Å². The number of nitrogens with zero attached hydrogens (tertiary/aromatic N) is 1. The van der Waals surface area contributed by atoms with Crippen molar-refractivity contribution < 1.29 is 14.7 Å². The Morgan fingerprint density at radius 1 is 1.43 bits per heavy atom. The van der Waals surface area contributed by atoms with Gasteiger partial charge in [-0.1, -0.05) is 18.7 Å². The molecule has 23 heavy (non-hydrogen) atoms. The van der Waals surface area contributed by atoms with E-state index < -0.39 is 6.10 Å². The molecule has 6 nitrogen and oxygen atoms in total. The molecule has 0 saturated carbocycles. The average molecular weight is 331 g/mol. The number of aliphatic hydroxyl groups excluding tert-OH is 1. The molecule has 0 fully saturated rings. The quantitative estimate of drug-likeness (QED) is 0.673. The summed E-state index contributed by atoms with van der Waals surface area (Å²) in [6.07, 6.45) is 2.16. The van der Waals surface area contributed by atoms with Gasteiger partial charge in [-0.25, -0.2) is 0 Å². The number of nitrogens with one attached hydrogen (secondary N) is 2. The fourth-order valence-electron chi connectivity index (χ4n) is 1.90. The summed E-state index contributed by atoms with van der Waals surface area (Å²) < 4.78 is 0. The molecule has 0 spiro atoms. The SMILES string of the molecule is C=CC(=O)Nc1cccc(CC(=O)NCC(O)c2cncs2)c1.